The second-order valence-corrected chi connectivity index (χ2v) is 6.20. The molecule has 0 aliphatic heterocycles. The number of nitrogens with zero attached hydrogens (tertiary/aromatic N) is 2. The molecule has 0 atom stereocenters. The SMILES string of the molecule is CCNC(=O)c1ccc(CN(C)Cc2ccc(Cl)cc2)c([N+](=O)[O-])c1. The molecule has 132 valence electrons. The van der Waals surface area contributed by atoms with Crippen molar-refractivity contribution in [2.45, 2.75) is 20.0 Å². The van der Waals surface area contributed by atoms with Crippen molar-refractivity contribution in [2.24, 2.45) is 0 Å². The molecule has 0 aromatic heterocycles. The minimum absolute atomic E-state index is 0.0493. The highest BCUT2D eigenvalue weighted by atomic mass is 35.5. The van der Waals surface area contributed by atoms with Crippen LogP contribution in [0.5, 0.6) is 0 Å². The number of nitro groups is 1. The van der Waals surface area contributed by atoms with E-state index in [9.17, 15) is 14.9 Å². The summed E-state index contributed by atoms with van der Waals surface area (Å²) in [6, 6.07) is 12.1. The molecule has 7 heteroatoms. The molecule has 0 fully saturated rings. The molecule has 0 spiro atoms. The fourth-order valence-corrected chi connectivity index (χ4v) is 2.65. The van der Waals surface area contributed by atoms with Gasteiger partial charge in [-0.15, -0.1) is 0 Å². The van der Waals surface area contributed by atoms with Crippen LogP contribution in [-0.2, 0) is 13.1 Å². The fraction of sp³-hybridized carbons (Fsp3) is 0.278. The van der Waals surface area contributed by atoms with Crippen LogP contribution in [-0.4, -0.2) is 29.3 Å². The number of carbonyl (C=O) groups is 1. The Hall–Kier alpha value is -2.44. The van der Waals surface area contributed by atoms with Gasteiger partial charge < -0.3 is 5.32 Å². The molecule has 0 saturated carbocycles. The van der Waals surface area contributed by atoms with Gasteiger partial charge in [-0.2, -0.15) is 0 Å². The summed E-state index contributed by atoms with van der Waals surface area (Å²) in [5.74, 6) is -0.313. The monoisotopic (exact) mass is 361 g/mol. The zero-order valence-corrected chi connectivity index (χ0v) is 14.9. The minimum Gasteiger partial charge on any atom is -0.352 e. The van der Waals surface area contributed by atoms with Gasteiger partial charge >= 0.3 is 0 Å². The van der Waals surface area contributed by atoms with Crippen LogP contribution in [0.3, 0.4) is 0 Å². The third kappa shape index (κ3) is 5.27. The smallest absolute Gasteiger partial charge is 0.274 e. The van der Waals surface area contributed by atoms with E-state index in [0.717, 1.165) is 5.56 Å². The summed E-state index contributed by atoms with van der Waals surface area (Å²) >= 11 is 5.88. The van der Waals surface area contributed by atoms with Gasteiger partial charge in [0.1, 0.15) is 0 Å². The van der Waals surface area contributed by atoms with Gasteiger partial charge in [0.2, 0.25) is 0 Å². The maximum atomic E-state index is 11.9. The second kappa shape index (κ2) is 8.60. The number of amides is 1. The van der Waals surface area contributed by atoms with Crippen LogP contribution in [0.25, 0.3) is 0 Å². The Morgan fingerprint density at radius 3 is 2.48 bits per heavy atom. The summed E-state index contributed by atoms with van der Waals surface area (Å²) in [6.45, 7) is 3.30. The van der Waals surface area contributed by atoms with Crippen molar-refractivity contribution in [1.82, 2.24) is 10.2 Å². The van der Waals surface area contributed by atoms with E-state index in [1.165, 1.54) is 6.07 Å². The molecule has 0 heterocycles. The maximum absolute atomic E-state index is 11.9. The number of halogens is 1. The van der Waals surface area contributed by atoms with Crippen molar-refractivity contribution in [3.05, 3.63) is 74.3 Å². The highest BCUT2D eigenvalue weighted by molar-refractivity contribution is 6.30. The first-order valence-corrected chi connectivity index (χ1v) is 8.27. The van der Waals surface area contributed by atoms with Crippen LogP contribution in [0.15, 0.2) is 42.5 Å². The first-order chi connectivity index (χ1) is 11.9. The van der Waals surface area contributed by atoms with Gasteiger partial charge in [-0.3, -0.25) is 19.8 Å². The Morgan fingerprint density at radius 1 is 1.20 bits per heavy atom. The predicted octanol–water partition coefficient (Wildman–Crippen LogP) is 3.63. The summed E-state index contributed by atoms with van der Waals surface area (Å²) in [7, 11) is 1.88. The van der Waals surface area contributed by atoms with Crippen LogP contribution in [0.2, 0.25) is 5.02 Å². The first kappa shape index (κ1) is 18.9. The molecule has 0 saturated heterocycles. The quantitative estimate of drug-likeness (QED) is 0.603. The van der Waals surface area contributed by atoms with Crippen molar-refractivity contribution < 1.29 is 9.72 Å². The van der Waals surface area contributed by atoms with Crippen molar-refractivity contribution in [3.8, 4) is 0 Å². The summed E-state index contributed by atoms with van der Waals surface area (Å²) in [5, 5.41) is 14.7. The van der Waals surface area contributed by atoms with E-state index < -0.39 is 4.92 Å². The minimum atomic E-state index is -0.450. The summed E-state index contributed by atoms with van der Waals surface area (Å²) in [6.07, 6.45) is 0. The number of carbonyl (C=O) groups excluding carboxylic acids is 1. The Kier molecular flexibility index (Phi) is 6.50. The van der Waals surface area contributed by atoms with E-state index in [1.54, 1.807) is 19.1 Å². The van der Waals surface area contributed by atoms with Gasteiger partial charge in [-0.25, -0.2) is 0 Å². The van der Waals surface area contributed by atoms with Crippen LogP contribution >= 0.6 is 11.6 Å². The van der Waals surface area contributed by atoms with E-state index in [4.69, 9.17) is 11.6 Å². The van der Waals surface area contributed by atoms with Crippen LogP contribution in [0, 0.1) is 10.1 Å². The third-order valence-corrected chi connectivity index (χ3v) is 3.94. The Morgan fingerprint density at radius 2 is 1.88 bits per heavy atom. The van der Waals surface area contributed by atoms with E-state index in [0.29, 0.717) is 30.2 Å². The molecule has 0 radical (unpaired) electrons. The van der Waals surface area contributed by atoms with Gasteiger partial charge in [-0.1, -0.05) is 29.8 Å². The van der Waals surface area contributed by atoms with Gasteiger partial charge in [-0.05, 0) is 37.7 Å². The highest BCUT2D eigenvalue weighted by Crippen LogP contribution is 2.22. The average Bonchev–Trinajstić information content (AvgIpc) is 2.57. The molecule has 0 bridgehead atoms. The lowest BCUT2D eigenvalue weighted by atomic mass is 10.1. The van der Waals surface area contributed by atoms with Gasteiger partial charge in [0.05, 0.1) is 4.92 Å². The standard InChI is InChI=1S/C18H20ClN3O3/c1-3-20-18(23)14-6-7-15(17(10-14)22(24)25)12-21(2)11-13-4-8-16(19)9-5-13/h4-10H,3,11-12H2,1-2H3,(H,20,23). The molecule has 6 nitrogen and oxygen atoms in total. The lowest BCUT2D eigenvalue weighted by molar-refractivity contribution is -0.385. The second-order valence-electron chi connectivity index (χ2n) is 5.76. The van der Waals surface area contributed by atoms with Gasteiger partial charge in [0, 0.05) is 41.9 Å². The number of benzene rings is 2. The molecule has 0 unspecified atom stereocenters. The lowest BCUT2D eigenvalue weighted by Crippen LogP contribution is -2.23. The molecule has 25 heavy (non-hydrogen) atoms. The van der Waals surface area contributed by atoms with Crippen LogP contribution in [0.4, 0.5) is 5.69 Å². The zero-order valence-electron chi connectivity index (χ0n) is 14.2. The van der Waals surface area contributed by atoms with E-state index >= 15 is 0 Å². The van der Waals surface area contributed by atoms with Gasteiger partial charge in [0.25, 0.3) is 11.6 Å². The Bertz CT molecular complexity index is 763. The molecular weight excluding hydrogens is 342 g/mol. The van der Waals surface area contributed by atoms with Crippen LogP contribution in [0.1, 0.15) is 28.4 Å². The van der Waals surface area contributed by atoms with E-state index in [2.05, 4.69) is 5.32 Å². The molecule has 1 amide bonds. The summed E-state index contributed by atoms with van der Waals surface area (Å²) < 4.78 is 0. The molecule has 0 aliphatic rings. The number of hydrogen-bond acceptors (Lipinski definition) is 4. The summed E-state index contributed by atoms with van der Waals surface area (Å²) in [5.41, 5.74) is 1.87. The number of rotatable bonds is 7. The molecule has 2 aromatic carbocycles. The molecule has 2 rings (SSSR count). The predicted molar refractivity (Wildman–Crippen MR) is 97.7 cm³/mol. The van der Waals surface area contributed by atoms with E-state index in [-0.39, 0.29) is 17.2 Å². The largest absolute Gasteiger partial charge is 0.352 e. The Labute approximate surface area is 151 Å². The Balaban J connectivity index is 2.15. The van der Waals surface area contributed by atoms with Crippen molar-refractivity contribution >= 4 is 23.2 Å². The first-order valence-electron chi connectivity index (χ1n) is 7.89. The topological polar surface area (TPSA) is 75.5 Å². The number of nitrogens with one attached hydrogen (secondary N) is 1. The molecule has 2 aromatic rings. The van der Waals surface area contributed by atoms with Crippen molar-refractivity contribution in [1.29, 1.82) is 0 Å². The van der Waals surface area contributed by atoms with Crippen molar-refractivity contribution in [2.75, 3.05) is 13.6 Å². The zero-order chi connectivity index (χ0) is 18.4. The molecule has 1 N–H and O–H groups in total. The molecular formula is C18H20ClN3O3. The van der Waals surface area contributed by atoms with Crippen molar-refractivity contribution in [3.63, 3.8) is 0 Å². The number of hydrogen-bond donors (Lipinski definition) is 1. The van der Waals surface area contributed by atoms with Gasteiger partial charge in [0.15, 0.2) is 0 Å². The fourth-order valence-electron chi connectivity index (χ4n) is 2.52. The maximum Gasteiger partial charge on any atom is 0.274 e. The van der Waals surface area contributed by atoms with Crippen LogP contribution < -0.4 is 5.32 Å². The normalized spacial score (nSPS) is 10.7. The number of nitro benzene ring substituents is 1. The highest BCUT2D eigenvalue weighted by Gasteiger charge is 2.18. The lowest BCUT2D eigenvalue weighted by Gasteiger charge is -2.17. The summed E-state index contributed by atoms with van der Waals surface area (Å²) in [4.78, 5) is 24.8. The third-order valence-electron chi connectivity index (χ3n) is 3.69. The molecule has 0 aliphatic carbocycles. The average molecular weight is 362 g/mol. The van der Waals surface area contributed by atoms with E-state index in [1.807, 2.05) is 36.2 Å².